The molecule has 1 aliphatic carbocycles. The Hall–Kier alpha value is -3.31. The van der Waals surface area contributed by atoms with Gasteiger partial charge in [-0.25, -0.2) is 4.98 Å². The summed E-state index contributed by atoms with van der Waals surface area (Å²) in [6.07, 6.45) is 5.76. The monoisotopic (exact) mass is 392 g/mol. The predicted octanol–water partition coefficient (Wildman–Crippen LogP) is 4.01. The zero-order valence-corrected chi connectivity index (χ0v) is 15.9. The summed E-state index contributed by atoms with van der Waals surface area (Å²) < 4.78 is 1.26. The third-order valence-electron chi connectivity index (χ3n) is 5.00. The van der Waals surface area contributed by atoms with Crippen molar-refractivity contribution < 1.29 is 4.92 Å². The Balaban J connectivity index is 1.81. The fourth-order valence-corrected chi connectivity index (χ4v) is 4.85. The third-order valence-corrected chi connectivity index (χ3v) is 6.16. The van der Waals surface area contributed by atoms with Gasteiger partial charge < -0.3 is 0 Å². The minimum Gasteiger partial charge on any atom is -0.268 e. The van der Waals surface area contributed by atoms with Crippen molar-refractivity contribution >= 4 is 39.0 Å². The molecule has 140 valence electrons. The van der Waals surface area contributed by atoms with Crippen molar-refractivity contribution in [3.05, 3.63) is 67.1 Å². The largest absolute Gasteiger partial charge is 0.269 e. The highest BCUT2D eigenvalue weighted by atomic mass is 32.1. The number of nitrogens with zero attached hydrogens (tertiary/aromatic N) is 4. The van der Waals surface area contributed by atoms with Gasteiger partial charge in [0.15, 0.2) is 0 Å². The van der Waals surface area contributed by atoms with E-state index in [4.69, 9.17) is 0 Å². The molecule has 0 amide bonds. The van der Waals surface area contributed by atoms with E-state index in [1.165, 1.54) is 34.0 Å². The van der Waals surface area contributed by atoms with Crippen molar-refractivity contribution in [2.45, 2.75) is 26.2 Å². The maximum Gasteiger partial charge on any atom is 0.269 e. The van der Waals surface area contributed by atoms with E-state index < -0.39 is 4.92 Å². The molecule has 0 saturated carbocycles. The quantitative estimate of drug-likeness (QED) is 0.381. The lowest BCUT2D eigenvalue weighted by molar-refractivity contribution is -0.384. The van der Waals surface area contributed by atoms with Crippen LogP contribution >= 0.6 is 11.3 Å². The average Bonchev–Trinajstić information content (AvgIpc) is 3.05. The molecule has 1 unspecified atom stereocenters. The van der Waals surface area contributed by atoms with Crippen LogP contribution in [-0.2, 0) is 12.8 Å². The first-order valence-electron chi connectivity index (χ1n) is 8.86. The molecule has 7 nitrogen and oxygen atoms in total. The molecule has 1 aliphatic rings. The molecule has 0 aliphatic heterocycles. The number of nitriles is 1. The highest BCUT2D eigenvalue weighted by Crippen LogP contribution is 2.35. The van der Waals surface area contributed by atoms with Gasteiger partial charge in [-0.2, -0.15) is 5.26 Å². The zero-order valence-electron chi connectivity index (χ0n) is 15.1. The van der Waals surface area contributed by atoms with Gasteiger partial charge in [-0.05, 0) is 54.5 Å². The first-order valence-corrected chi connectivity index (χ1v) is 9.68. The number of aromatic nitrogens is 2. The molecule has 4 rings (SSSR count). The third kappa shape index (κ3) is 3.10. The molecule has 0 saturated heterocycles. The SMILES string of the molecule is CC1CCc2c(sc3ncn(/C(C#N)=C\c4ccc([N+](=O)[O-])cc4)c(=O)c23)C1. The number of benzene rings is 1. The van der Waals surface area contributed by atoms with Crippen LogP contribution in [0.1, 0.15) is 29.3 Å². The summed E-state index contributed by atoms with van der Waals surface area (Å²) in [4.78, 5) is 29.8. The van der Waals surface area contributed by atoms with E-state index in [1.54, 1.807) is 23.5 Å². The highest BCUT2D eigenvalue weighted by Gasteiger charge is 2.23. The van der Waals surface area contributed by atoms with Crippen molar-refractivity contribution in [3.8, 4) is 6.07 Å². The van der Waals surface area contributed by atoms with Crippen LogP contribution in [0.25, 0.3) is 22.0 Å². The van der Waals surface area contributed by atoms with Gasteiger partial charge in [0.1, 0.15) is 22.9 Å². The molecule has 1 aromatic carbocycles. The van der Waals surface area contributed by atoms with Crippen LogP contribution < -0.4 is 5.56 Å². The van der Waals surface area contributed by atoms with Gasteiger partial charge in [-0.1, -0.05) is 6.92 Å². The molecule has 0 bridgehead atoms. The topological polar surface area (TPSA) is 102 Å². The Labute approximate surface area is 164 Å². The van der Waals surface area contributed by atoms with Crippen LogP contribution in [0.5, 0.6) is 0 Å². The number of allylic oxidation sites excluding steroid dienone is 1. The first kappa shape index (κ1) is 18.1. The minimum atomic E-state index is -0.485. The van der Waals surface area contributed by atoms with Crippen molar-refractivity contribution in [1.82, 2.24) is 9.55 Å². The lowest BCUT2D eigenvalue weighted by Gasteiger charge is -2.17. The van der Waals surface area contributed by atoms with E-state index in [0.717, 1.165) is 24.8 Å². The number of hydrogen-bond acceptors (Lipinski definition) is 6. The second-order valence-corrected chi connectivity index (χ2v) is 8.03. The van der Waals surface area contributed by atoms with Gasteiger partial charge in [0.25, 0.3) is 11.2 Å². The van der Waals surface area contributed by atoms with Gasteiger partial charge in [-0.15, -0.1) is 11.3 Å². The predicted molar refractivity (Wildman–Crippen MR) is 108 cm³/mol. The molecule has 8 heteroatoms. The van der Waals surface area contributed by atoms with Crippen molar-refractivity contribution in [3.63, 3.8) is 0 Å². The van der Waals surface area contributed by atoms with Crippen LogP contribution in [0.3, 0.4) is 0 Å². The number of rotatable bonds is 3. The molecule has 0 fully saturated rings. The summed E-state index contributed by atoms with van der Waals surface area (Å²) in [5, 5.41) is 21.0. The fraction of sp³-hybridized carbons (Fsp3) is 0.250. The smallest absolute Gasteiger partial charge is 0.268 e. The molecule has 2 heterocycles. The van der Waals surface area contributed by atoms with Crippen LogP contribution in [0.15, 0.2) is 35.4 Å². The second-order valence-electron chi connectivity index (χ2n) is 6.94. The number of thiophene rings is 1. The van der Waals surface area contributed by atoms with E-state index in [1.807, 2.05) is 6.07 Å². The minimum absolute atomic E-state index is 0.0324. The van der Waals surface area contributed by atoms with Crippen LogP contribution in [0, 0.1) is 27.4 Å². The first-order chi connectivity index (χ1) is 13.5. The molecular formula is C20H16N4O3S. The summed E-state index contributed by atoms with van der Waals surface area (Å²) in [6, 6.07) is 7.85. The normalized spacial score (nSPS) is 16.6. The standard InChI is InChI=1S/C20H16N4O3S/c1-12-2-7-16-17(8-12)28-19-18(16)20(25)23(11-22-19)15(10-21)9-13-3-5-14(6-4-13)24(26)27/h3-6,9,11-12H,2,7-8H2,1H3/b15-9-. The lowest BCUT2D eigenvalue weighted by Crippen LogP contribution is -2.20. The summed E-state index contributed by atoms with van der Waals surface area (Å²) in [7, 11) is 0. The molecule has 0 radical (unpaired) electrons. The number of nitro benzene ring substituents is 1. The van der Waals surface area contributed by atoms with Gasteiger partial charge in [-0.3, -0.25) is 19.5 Å². The van der Waals surface area contributed by atoms with Crippen molar-refractivity contribution in [1.29, 1.82) is 5.26 Å². The molecule has 0 N–H and O–H groups in total. The summed E-state index contributed by atoms with van der Waals surface area (Å²) in [6.45, 7) is 2.21. The summed E-state index contributed by atoms with van der Waals surface area (Å²) >= 11 is 1.56. The van der Waals surface area contributed by atoms with Crippen LogP contribution in [0.2, 0.25) is 0 Å². The Morgan fingerprint density at radius 1 is 1.43 bits per heavy atom. The average molecular weight is 392 g/mol. The second kappa shape index (κ2) is 7.02. The van der Waals surface area contributed by atoms with Crippen LogP contribution in [-0.4, -0.2) is 14.5 Å². The number of fused-ring (bicyclic) bond motifs is 3. The van der Waals surface area contributed by atoms with Gasteiger partial charge >= 0.3 is 0 Å². The van der Waals surface area contributed by atoms with Crippen molar-refractivity contribution in [2.24, 2.45) is 5.92 Å². The Morgan fingerprint density at radius 3 is 2.86 bits per heavy atom. The molecular weight excluding hydrogens is 376 g/mol. The van der Waals surface area contributed by atoms with E-state index in [0.29, 0.717) is 21.7 Å². The van der Waals surface area contributed by atoms with E-state index >= 15 is 0 Å². The van der Waals surface area contributed by atoms with Gasteiger partial charge in [0, 0.05) is 17.0 Å². The Morgan fingerprint density at radius 2 is 2.18 bits per heavy atom. The van der Waals surface area contributed by atoms with Crippen LogP contribution in [0.4, 0.5) is 5.69 Å². The van der Waals surface area contributed by atoms with Gasteiger partial charge in [0.2, 0.25) is 0 Å². The number of nitro groups is 1. The molecule has 3 aromatic rings. The lowest BCUT2D eigenvalue weighted by atomic mass is 9.89. The fourth-order valence-electron chi connectivity index (χ4n) is 3.51. The highest BCUT2D eigenvalue weighted by molar-refractivity contribution is 7.18. The van der Waals surface area contributed by atoms with E-state index in [-0.39, 0.29) is 16.9 Å². The molecule has 1 atom stereocenters. The van der Waals surface area contributed by atoms with E-state index in [9.17, 15) is 20.2 Å². The number of aryl methyl sites for hydroxylation is 1. The molecule has 28 heavy (non-hydrogen) atoms. The van der Waals surface area contributed by atoms with E-state index in [2.05, 4.69) is 11.9 Å². The Bertz CT molecular complexity index is 1220. The maximum atomic E-state index is 13.1. The van der Waals surface area contributed by atoms with Gasteiger partial charge in [0.05, 0.1) is 10.3 Å². The summed E-state index contributed by atoms with van der Waals surface area (Å²) in [5.74, 6) is 0.597. The summed E-state index contributed by atoms with van der Waals surface area (Å²) in [5.41, 5.74) is 1.51. The molecule has 0 spiro atoms. The Kier molecular flexibility index (Phi) is 4.53. The number of hydrogen-bond donors (Lipinski definition) is 0. The maximum absolute atomic E-state index is 13.1. The number of non-ortho nitro benzene ring substituents is 1. The van der Waals surface area contributed by atoms with Crippen molar-refractivity contribution in [2.75, 3.05) is 0 Å². The zero-order chi connectivity index (χ0) is 19.8. The molecule has 2 aromatic heterocycles.